The maximum absolute atomic E-state index is 13.8. The molecule has 0 aliphatic carbocycles. The van der Waals surface area contributed by atoms with Gasteiger partial charge in [-0.25, -0.2) is 0 Å². The standard InChI is InChI=1S/C28H28Cl4N2O2/c1-2-3-13-33-28(36)26(15-19-7-5-4-6-8-19)34(18-21-10-11-22(29)17-24(21)31)27(35)16-20-9-12-23(30)25(32)14-20/h4-12,14,17,26H,2-3,13,15-16,18H2,1H3,(H,33,36)/t26-/m0/s1. The molecule has 0 aliphatic rings. The summed E-state index contributed by atoms with van der Waals surface area (Å²) in [5.74, 6) is -0.439. The van der Waals surface area contributed by atoms with E-state index in [9.17, 15) is 9.59 Å². The normalized spacial score (nSPS) is 11.7. The zero-order valence-corrected chi connectivity index (χ0v) is 23.0. The Bertz CT molecular complexity index is 1190. The molecule has 3 aromatic carbocycles. The lowest BCUT2D eigenvalue weighted by Crippen LogP contribution is -2.51. The topological polar surface area (TPSA) is 49.4 Å². The number of rotatable bonds is 11. The molecule has 0 saturated carbocycles. The van der Waals surface area contributed by atoms with E-state index in [1.54, 1.807) is 41.3 Å². The fourth-order valence-electron chi connectivity index (χ4n) is 3.82. The lowest BCUT2D eigenvalue weighted by Gasteiger charge is -2.32. The Morgan fingerprint density at radius 1 is 0.861 bits per heavy atom. The van der Waals surface area contributed by atoms with Crippen LogP contribution < -0.4 is 5.32 Å². The maximum Gasteiger partial charge on any atom is 0.243 e. The quantitative estimate of drug-likeness (QED) is 0.246. The molecule has 1 atom stereocenters. The summed E-state index contributed by atoms with van der Waals surface area (Å²) in [5, 5.41) is 4.71. The number of amides is 2. The summed E-state index contributed by atoms with van der Waals surface area (Å²) in [4.78, 5) is 28.8. The third kappa shape index (κ3) is 8.14. The summed E-state index contributed by atoms with van der Waals surface area (Å²) >= 11 is 24.8. The molecule has 0 aliphatic heterocycles. The molecule has 0 fully saturated rings. The first-order valence-electron chi connectivity index (χ1n) is 11.8. The lowest BCUT2D eigenvalue weighted by atomic mass is 10.0. The Hall–Kier alpha value is -2.24. The van der Waals surface area contributed by atoms with Gasteiger partial charge in [0.15, 0.2) is 0 Å². The smallest absolute Gasteiger partial charge is 0.243 e. The van der Waals surface area contributed by atoms with Crippen LogP contribution in [0.4, 0.5) is 0 Å². The molecule has 0 bridgehead atoms. The average Bonchev–Trinajstić information content (AvgIpc) is 2.85. The fourth-order valence-corrected chi connectivity index (χ4v) is 4.61. The Labute approximate surface area is 232 Å². The first-order valence-corrected chi connectivity index (χ1v) is 13.3. The number of nitrogens with zero attached hydrogens (tertiary/aromatic N) is 1. The van der Waals surface area contributed by atoms with E-state index in [4.69, 9.17) is 46.4 Å². The molecule has 4 nitrogen and oxygen atoms in total. The summed E-state index contributed by atoms with van der Waals surface area (Å²) in [6, 6.07) is 19.1. The van der Waals surface area contributed by atoms with E-state index in [1.807, 2.05) is 30.3 Å². The van der Waals surface area contributed by atoms with Gasteiger partial charge >= 0.3 is 0 Å². The number of nitrogens with one attached hydrogen (secondary N) is 1. The van der Waals surface area contributed by atoms with Crippen molar-refractivity contribution < 1.29 is 9.59 Å². The number of carbonyl (C=O) groups is 2. The van der Waals surface area contributed by atoms with Crippen molar-refractivity contribution in [3.8, 4) is 0 Å². The first kappa shape index (κ1) is 28.3. The minimum atomic E-state index is -0.744. The first-order chi connectivity index (χ1) is 17.3. The van der Waals surface area contributed by atoms with E-state index in [1.165, 1.54) is 0 Å². The van der Waals surface area contributed by atoms with Gasteiger partial charge in [0, 0.05) is 29.6 Å². The zero-order valence-electron chi connectivity index (χ0n) is 19.9. The van der Waals surface area contributed by atoms with Crippen LogP contribution in [0, 0.1) is 0 Å². The number of carbonyl (C=O) groups excluding carboxylic acids is 2. The highest BCUT2D eigenvalue weighted by Crippen LogP contribution is 2.26. The lowest BCUT2D eigenvalue weighted by molar-refractivity contribution is -0.140. The number of halogens is 4. The highest BCUT2D eigenvalue weighted by molar-refractivity contribution is 6.42. The molecule has 8 heteroatoms. The monoisotopic (exact) mass is 564 g/mol. The third-order valence-electron chi connectivity index (χ3n) is 5.80. The van der Waals surface area contributed by atoms with Gasteiger partial charge in [-0.1, -0.05) is 102 Å². The predicted octanol–water partition coefficient (Wildman–Crippen LogP) is 7.40. The van der Waals surface area contributed by atoms with Crippen molar-refractivity contribution in [1.29, 1.82) is 0 Å². The van der Waals surface area contributed by atoms with Crippen LogP contribution in [0.1, 0.15) is 36.5 Å². The molecule has 0 unspecified atom stereocenters. The second-order valence-corrected chi connectivity index (χ2v) is 10.2. The summed E-state index contributed by atoms with van der Waals surface area (Å²) in [6.45, 7) is 2.75. The number of unbranched alkanes of at least 4 members (excludes halogenated alkanes) is 1. The van der Waals surface area contributed by atoms with Crippen molar-refractivity contribution in [2.75, 3.05) is 6.54 Å². The molecule has 0 heterocycles. The Balaban J connectivity index is 1.98. The second kappa shape index (κ2) is 13.9. The van der Waals surface area contributed by atoms with E-state index in [2.05, 4.69) is 12.2 Å². The van der Waals surface area contributed by atoms with Gasteiger partial charge in [-0.2, -0.15) is 0 Å². The largest absolute Gasteiger partial charge is 0.354 e. The summed E-state index contributed by atoms with van der Waals surface area (Å²) in [5.41, 5.74) is 2.34. The molecule has 3 aromatic rings. The second-order valence-electron chi connectivity index (χ2n) is 8.53. The molecule has 0 spiro atoms. The summed E-state index contributed by atoms with van der Waals surface area (Å²) in [6.07, 6.45) is 2.21. The van der Waals surface area contributed by atoms with Crippen molar-refractivity contribution in [3.05, 3.63) is 104 Å². The maximum atomic E-state index is 13.8. The van der Waals surface area contributed by atoms with Gasteiger partial charge in [-0.05, 0) is 47.4 Å². The molecule has 0 saturated heterocycles. The van der Waals surface area contributed by atoms with Crippen LogP contribution in [0.5, 0.6) is 0 Å². The summed E-state index contributed by atoms with van der Waals surface area (Å²) in [7, 11) is 0. The van der Waals surface area contributed by atoms with Crippen molar-refractivity contribution in [1.82, 2.24) is 10.2 Å². The van der Waals surface area contributed by atoms with Crippen LogP contribution in [-0.4, -0.2) is 29.3 Å². The minimum absolute atomic E-state index is 0.0512. The highest BCUT2D eigenvalue weighted by atomic mass is 35.5. The SMILES string of the molecule is CCCCNC(=O)[C@H](Cc1ccccc1)N(Cc1ccc(Cl)cc1Cl)C(=O)Cc1ccc(Cl)c(Cl)c1. The average molecular weight is 566 g/mol. The van der Waals surface area contributed by atoms with E-state index >= 15 is 0 Å². The van der Waals surface area contributed by atoms with Crippen LogP contribution in [0.25, 0.3) is 0 Å². The number of hydrogen-bond acceptors (Lipinski definition) is 2. The molecular formula is C28H28Cl4N2O2. The molecule has 190 valence electrons. The molecule has 0 aromatic heterocycles. The van der Waals surface area contributed by atoms with Gasteiger partial charge in [0.1, 0.15) is 6.04 Å². The van der Waals surface area contributed by atoms with Crippen LogP contribution in [0.15, 0.2) is 66.7 Å². The van der Waals surface area contributed by atoms with Gasteiger partial charge in [0.2, 0.25) is 11.8 Å². The molecule has 36 heavy (non-hydrogen) atoms. The third-order valence-corrected chi connectivity index (χ3v) is 7.12. The van der Waals surface area contributed by atoms with E-state index in [0.717, 1.165) is 18.4 Å². The van der Waals surface area contributed by atoms with E-state index in [0.29, 0.717) is 44.2 Å². The van der Waals surface area contributed by atoms with Crippen molar-refractivity contribution in [2.24, 2.45) is 0 Å². The summed E-state index contributed by atoms with van der Waals surface area (Å²) < 4.78 is 0. The van der Waals surface area contributed by atoms with Gasteiger partial charge < -0.3 is 10.2 Å². The van der Waals surface area contributed by atoms with Crippen LogP contribution >= 0.6 is 46.4 Å². The Morgan fingerprint density at radius 3 is 2.28 bits per heavy atom. The highest BCUT2D eigenvalue weighted by Gasteiger charge is 2.30. The van der Waals surface area contributed by atoms with Gasteiger partial charge in [-0.15, -0.1) is 0 Å². The van der Waals surface area contributed by atoms with Gasteiger partial charge in [-0.3, -0.25) is 9.59 Å². The Morgan fingerprint density at radius 2 is 1.61 bits per heavy atom. The molecule has 1 N–H and O–H groups in total. The zero-order chi connectivity index (χ0) is 26.1. The van der Waals surface area contributed by atoms with Crippen molar-refractivity contribution in [2.45, 2.75) is 45.2 Å². The van der Waals surface area contributed by atoms with Crippen molar-refractivity contribution >= 4 is 58.2 Å². The van der Waals surface area contributed by atoms with E-state index < -0.39 is 6.04 Å². The van der Waals surface area contributed by atoms with Gasteiger partial charge in [0.25, 0.3) is 0 Å². The van der Waals surface area contributed by atoms with Crippen molar-refractivity contribution in [3.63, 3.8) is 0 Å². The Kier molecular flexibility index (Phi) is 10.9. The minimum Gasteiger partial charge on any atom is -0.354 e. The van der Waals surface area contributed by atoms with Crippen LogP contribution in [0.2, 0.25) is 20.1 Å². The molecular weight excluding hydrogens is 538 g/mol. The molecule has 2 amide bonds. The molecule has 3 rings (SSSR count). The van der Waals surface area contributed by atoms with Crippen LogP contribution in [-0.2, 0) is 29.0 Å². The van der Waals surface area contributed by atoms with Crippen LogP contribution in [0.3, 0.4) is 0 Å². The van der Waals surface area contributed by atoms with E-state index in [-0.39, 0.29) is 24.8 Å². The molecule has 0 radical (unpaired) electrons. The fraction of sp³-hybridized carbons (Fsp3) is 0.286. The number of hydrogen-bond donors (Lipinski definition) is 1. The predicted molar refractivity (Wildman–Crippen MR) is 149 cm³/mol. The number of benzene rings is 3. The van der Waals surface area contributed by atoms with Gasteiger partial charge in [0.05, 0.1) is 16.5 Å².